The molecular formula is C25H18Cl2FN3O2S. The van der Waals surface area contributed by atoms with Crippen molar-refractivity contribution in [2.45, 2.75) is 6.92 Å². The molecule has 0 aromatic heterocycles. The molecule has 0 saturated carbocycles. The fraction of sp³-hybridized carbons (Fsp3) is 0.0800. The van der Waals surface area contributed by atoms with Crippen LogP contribution < -0.4 is 10.2 Å². The standard InChI is InChI=1S/C25H18Cl2FN3O2S/c1-15-6-9-17(10-7-15)29-23(32)14-34-25-30-21(13-16-8-11-18(26)19(27)12-16)24(33)31(25)22-5-3-2-4-20(22)28/h2-13H,14H2,1H3,(H,29,32)/b21-13-. The maximum absolute atomic E-state index is 14.6. The van der Waals surface area contributed by atoms with Crippen LogP contribution in [-0.4, -0.2) is 22.7 Å². The van der Waals surface area contributed by atoms with E-state index in [4.69, 9.17) is 23.2 Å². The molecule has 0 aliphatic carbocycles. The fourth-order valence-corrected chi connectivity index (χ4v) is 4.27. The summed E-state index contributed by atoms with van der Waals surface area (Å²) in [5.74, 6) is -1.40. The van der Waals surface area contributed by atoms with Gasteiger partial charge in [-0.1, -0.05) is 70.9 Å². The molecular weight excluding hydrogens is 496 g/mol. The first-order valence-corrected chi connectivity index (χ1v) is 11.9. The number of benzene rings is 3. The second-order valence-corrected chi connectivity index (χ2v) is 9.15. The lowest BCUT2D eigenvalue weighted by Crippen LogP contribution is -2.32. The number of thioether (sulfide) groups is 1. The Bertz CT molecular complexity index is 1330. The monoisotopic (exact) mass is 513 g/mol. The van der Waals surface area contributed by atoms with Gasteiger partial charge >= 0.3 is 0 Å². The lowest BCUT2D eigenvalue weighted by Gasteiger charge is -2.18. The summed E-state index contributed by atoms with van der Waals surface area (Å²) in [4.78, 5) is 31.2. The first-order valence-electron chi connectivity index (χ1n) is 10.2. The summed E-state index contributed by atoms with van der Waals surface area (Å²) in [6.07, 6.45) is 1.54. The Morgan fingerprint density at radius 2 is 1.82 bits per heavy atom. The number of aryl methyl sites for hydroxylation is 1. The van der Waals surface area contributed by atoms with Crippen molar-refractivity contribution in [2.75, 3.05) is 16.0 Å². The van der Waals surface area contributed by atoms with Gasteiger partial charge < -0.3 is 5.32 Å². The molecule has 1 N–H and O–H groups in total. The van der Waals surface area contributed by atoms with Crippen molar-refractivity contribution < 1.29 is 14.0 Å². The van der Waals surface area contributed by atoms with Gasteiger partial charge in [-0.25, -0.2) is 9.38 Å². The molecule has 0 bridgehead atoms. The highest BCUT2D eigenvalue weighted by atomic mass is 35.5. The summed E-state index contributed by atoms with van der Waals surface area (Å²) in [7, 11) is 0. The van der Waals surface area contributed by atoms with E-state index in [1.54, 1.807) is 42.5 Å². The largest absolute Gasteiger partial charge is 0.325 e. The second-order valence-electron chi connectivity index (χ2n) is 7.39. The van der Waals surface area contributed by atoms with Gasteiger partial charge in [0.1, 0.15) is 11.5 Å². The van der Waals surface area contributed by atoms with E-state index in [1.165, 1.54) is 23.1 Å². The van der Waals surface area contributed by atoms with Crippen LogP contribution in [0.3, 0.4) is 0 Å². The predicted molar refractivity (Wildman–Crippen MR) is 138 cm³/mol. The molecule has 9 heteroatoms. The number of nitrogens with zero attached hydrogens (tertiary/aromatic N) is 2. The van der Waals surface area contributed by atoms with Crippen molar-refractivity contribution in [3.8, 4) is 0 Å². The number of carbonyl (C=O) groups is 2. The SMILES string of the molecule is Cc1ccc(NC(=O)CSC2=N/C(=C\c3ccc(Cl)c(Cl)c3)C(=O)N2c2ccccc2F)cc1. The van der Waals surface area contributed by atoms with Crippen LogP contribution in [0.25, 0.3) is 6.08 Å². The molecule has 2 amide bonds. The molecule has 0 saturated heterocycles. The number of anilines is 2. The number of hydrogen-bond donors (Lipinski definition) is 1. The quantitative estimate of drug-likeness (QED) is 0.393. The molecule has 34 heavy (non-hydrogen) atoms. The first kappa shape index (κ1) is 24.0. The van der Waals surface area contributed by atoms with E-state index in [1.807, 2.05) is 19.1 Å². The van der Waals surface area contributed by atoms with Gasteiger partial charge in [-0.15, -0.1) is 0 Å². The highest BCUT2D eigenvalue weighted by Crippen LogP contribution is 2.32. The molecule has 1 aliphatic heterocycles. The summed E-state index contributed by atoms with van der Waals surface area (Å²) < 4.78 is 14.6. The molecule has 5 nitrogen and oxygen atoms in total. The summed E-state index contributed by atoms with van der Waals surface area (Å²) in [5, 5.41) is 3.71. The summed E-state index contributed by atoms with van der Waals surface area (Å²) in [6.45, 7) is 1.96. The minimum atomic E-state index is -0.580. The Morgan fingerprint density at radius 1 is 1.09 bits per heavy atom. The van der Waals surface area contributed by atoms with Crippen LogP contribution in [0.4, 0.5) is 15.8 Å². The Labute approximate surface area is 210 Å². The Balaban J connectivity index is 1.59. The number of nitrogens with one attached hydrogen (secondary N) is 1. The van der Waals surface area contributed by atoms with Crippen LogP contribution >= 0.6 is 35.0 Å². The number of amidine groups is 1. The minimum Gasteiger partial charge on any atom is -0.325 e. The lowest BCUT2D eigenvalue weighted by molar-refractivity contribution is -0.114. The molecule has 0 fully saturated rings. The van der Waals surface area contributed by atoms with Crippen LogP contribution in [0.1, 0.15) is 11.1 Å². The van der Waals surface area contributed by atoms with E-state index in [2.05, 4.69) is 10.3 Å². The van der Waals surface area contributed by atoms with E-state index < -0.39 is 11.7 Å². The first-order chi connectivity index (χ1) is 16.3. The van der Waals surface area contributed by atoms with Crippen LogP contribution in [0.5, 0.6) is 0 Å². The molecule has 172 valence electrons. The zero-order valence-corrected chi connectivity index (χ0v) is 20.2. The molecule has 0 unspecified atom stereocenters. The number of rotatable bonds is 5. The number of aliphatic imine (C=N–C) groups is 1. The third-order valence-corrected chi connectivity index (χ3v) is 6.52. The second kappa shape index (κ2) is 10.4. The predicted octanol–water partition coefficient (Wildman–Crippen LogP) is 6.56. The molecule has 1 aliphatic rings. The van der Waals surface area contributed by atoms with Crippen molar-refractivity contribution in [1.29, 1.82) is 0 Å². The van der Waals surface area contributed by atoms with Crippen LogP contribution in [0.2, 0.25) is 10.0 Å². The van der Waals surface area contributed by atoms with Crippen molar-refractivity contribution in [2.24, 2.45) is 4.99 Å². The van der Waals surface area contributed by atoms with Gasteiger partial charge in [0, 0.05) is 5.69 Å². The Morgan fingerprint density at radius 3 is 2.53 bits per heavy atom. The third-order valence-electron chi connectivity index (χ3n) is 4.84. The normalized spacial score (nSPS) is 14.5. The molecule has 3 aromatic rings. The Hall–Kier alpha value is -3.13. The zero-order chi connectivity index (χ0) is 24.2. The van der Waals surface area contributed by atoms with E-state index in [9.17, 15) is 14.0 Å². The minimum absolute atomic E-state index is 0.0228. The van der Waals surface area contributed by atoms with Gasteiger partial charge in [0.05, 0.1) is 21.5 Å². The van der Waals surface area contributed by atoms with Crippen LogP contribution in [-0.2, 0) is 9.59 Å². The number of amides is 2. The number of hydrogen-bond acceptors (Lipinski definition) is 4. The van der Waals surface area contributed by atoms with E-state index in [-0.39, 0.29) is 28.2 Å². The molecule has 0 radical (unpaired) electrons. The average Bonchev–Trinajstić information content (AvgIpc) is 3.11. The molecule has 4 rings (SSSR count). The van der Waals surface area contributed by atoms with Gasteiger partial charge in [-0.2, -0.15) is 0 Å². The average molecular weight is 514 g/mol. The number of para-hydroxylation sites is 1. The molecule has 0 spiro atoms. The topological polar surface area (TPSA) is 61.8 Å². The van der Waals surface area contributed by atoms with Crippen molar-refractivity contribution in [3.63, 3.8) is 0 Å². The summed E-state index contributed by atoms with van der Waals surface area (Å²) >= 11 is 13.1. The molecule has 3 aromatic carbocycles. The number of carbonyl (C=O) groups excluding carboxylic acids is 2. The van der Waals surface area contributed by atoms with Gasteiger partial charge in [0.25, 0.3) is 5.91 Å². The summed E-state index contributed by atoms with van der Waals surface area (Å²) in [5.41, 5.74) is 2.48. The molecule has 1 heterocycles. The smallest absolute Gasteiger partial charge is 0.283 e. The van der Waals surface area contributed by atoms with Gasteiger partial charge in [0.2, 0.25) is 5.91 Å². The van der Waals surface area contributed by atoms with Crippen molar-refractivity contribution in [1.82, 2.24) is 0 Å². The van der Waals surface area contributed by atoms with Crippen LogP contribution in [0.15, 0.2) is 77.4 Å². The van der Waals surface area contributed by atoms with Gasteiger partial charge in [-0.05, 0) is 55.0 Å². The molecule has 0 atom stereocenters. The van der Waals surface area contributed by atoms with E-state index >= 15 is 0 Å². The fourth-order valence-electron chi connectivity index (χ4n) is 3.16. The maximum Gasteiger partial charge on any atom is 0.283 e. The highest BCUT2D eigenvalue weighted by molar-refractivity contribution is 8.14. The van der Waals surface area contributed by atoms with Crippen molar-refractivity contribution >= 4 is 69.4 Å². The number of halogens is 3. The lowest BCUT2D eigenvalue weighted by atomic mass is 10.2. The Kier molecular flexibility index (Phi) is 7.36. The zero-order valence-electron chi connectivity index (χ0n) is 17.9. The van der Waals surface area contributed by atoms with Gasteiger partial charge in [-0.3, -0.25) is 14.5 Å². The van der Waals surface area contributed by atoms with E-state index in [0.717, 1.165) is 17.3 Å². The summed E-state index contributed by atoms with van der Waals surface area (Å²) in [6, 6.07) is 18.2. The van der Waals surface area contributed by atoms with Gasteiger partial charge in [0.15, 0.2) is 5.17 Å². The van der Waals surface area contributed by atoms with Crippen LogP contribution in [0, 0.1) is 12.7 Å². The van der Waals surface area contributed by atoms with Crippen molar-refractivity contribution in [3.05, 3.63) is 99.4 Å². The highest BCUT2D eigenvalue weighted by Gasteiger charge is 2.33. The third kappa shape index (κ3) is 5.50. The maximum atomic E-state index is 14.6. The van der Waals surface area contributed by atoms with E-state index in [0.29, 0.717) is 21.3 Å².